The zero-order valence-electron chi connectivity index (χ0n) is 29.1. The average molecular weight is 677 g/mol. The second-order valence-electron chi connectivity index (χ2n) is 13.9. The molecular formula is C51H32O2. The molecule has 0 saturated carbocycles. The zero-order valence-corrected chi connectivity index (χ0v) is 29.1. The van der Waals surface area contributed by atoms with E-state index < -0.39 is 0 Å². The maximum atomic E-state index is 6.80. The SMILES string of the molecule is Cc1ccc(-c2c3ccccc3c(-c3cccc4oc5cccc(-c6c7ccccc7c(-c7ccccc7)c7ccccc67)c5c34)c3ccccc23)o1. The van der Waals surface area contributed by atoms with Gasteiger partial charge in [-0.15, -0.1) is 0 Å². The Hall–Kier alpha value is -6.90. The van der Waals surface area contributed by atoms with E-state index in [-0.39, 0.29) is 0 Å². The van der Waals surface area contributed by atoms with Crippen molar-refractivity contribution >= 4 is 65.0 Å². The second kappa shape index (κ2) is 11.6. The Morgan fingerprint density at radius 2 is 0.698 bits per heavy atom. The first kappa shape index (κ1) is 29.8. The molecule has 11 rings (SSSR count). The van der Waals surface area contributed by atoms with Crippen molar-refractivity contribution in [3.63, 3.8) is 0 Å². The molecule has 2 nitrogen and oxygen atoms in total. The summed E-state index contributed by atoms with van der Waals surface area (Å²) in [5, 5.41) is 11.8. The summed E-state index contributed by atoms with van der Waals surface area (Å²) in [5.41, 5.74) is 10.1. The highest BCUT2D eigenvalue weighted by Gasteiger charge is 2.24. The summed E-state index contributed by atoms with van der Waals surface area (Å²) in [4.78, 5) is 0. The number of rotatable bonds is 4. The molecule has 0 amide bonds. The van der Waals surface area contributed by atoms with E-state index in [1.165, 1.54) is 54.6 Å². The second-order valence-corrected chi connectivity index (χ2v) is 13.9. The van der Waals surface area contributed by atoms with Crippen LogP contribution in [0.5, 0.6) is 0 Å². The van der Waals surface area contributed by atoms with Crippen LogP contribution in [-0.4, -0.2) is 0 Å². The third-order valence-electron chi connectivity index (χ3n) is 11.0. The van der Waals surface area contributed by atoms with E-state index in [9.17, 15) is 0 Å². The molecule has 9 aromatic carbocycles. The lowest BCUT2D eigenvalue weighted by Crippen LogP contribution is -1.92. The van der Waals surface area contributed by atoms with Crippen LogP contribution in [0.2, 0.25) is 0 Å². The molecule has 248 valence electrons. The maximum Gasteiger partial charge on any atom is 0.136 e. The van der Waals surface area contributed by atoms with Crippen molar-refractivity contribution in [1.82, 2.24) is 0 Å². The predicted octanol–water partition coefficient (Wildman–Crippen LogP) is 14.8. The van der Waals surface area contributed by atoms with Crippen LogP contribution < -0.4 is 0 Å². The predicted molar refractivity (Wildman–Crippen MR) is 222 cm³/mol. The molecule has 2 heterocycles. The van der Waals surface area contributed by atoms with Crippen LogP contribution in [-0.2, 0) is 0 Å². The van der Waals surface area contributed by atoms with Gasteiger partial charge >= 0.3 is 0 Å². The Balaban J connectivity index is 1.29. The number of benzene rings is 9. The van der Waals surface area contributed by atoms with Crippen LogP contribution in [0, 0.1) is 6.92 Å². The van der Waals surface area contributed by atoms with Gasteiger partial charge in [0.05, 0.1) is 0 Å². The van der Waals surface area contributed by atoms with Crippen LogP contribution in [0.1, 0.15) is 5.76 Å². The van der Waals surface area contributed by atoms with Crippen LogP contribution in [0.25, 0.3) is 110 Å². The van der Waals surface area contributed by atoms with Crippen molar-refractivity contribution in [2.45, 2.75) is 6.92 Å². The minimum absolute atomic E-state index is 0.873. The van der Waals surface area contributed by atoms with Crippen molar-refractivity contribution < 1.29 is 8.83 Å². The third kappa shape index (κ3) is 4.39. The maximum absolute atomic E-state index is 6.80. The van der Waals surface area contributed by atoms with Gasteiger partial charge in [0.15, 0.2) is 0 Å². The van der Waals surface area contributed by atoms with Crippen molar-refractivity contribution in [3.8, 4) is 44.7 Å². The molecular weight excluding hydrogens is 645 g/mol. The quantitative estimate of drug-likeness (QED) is 0.173. The molecule has 2 aromatic heterocycles. The minimum Gasteiger partial charge on any atom is -0.461 e. The van der Waals surface area contributed by atoms with Crippen molar-refractivity contribution in [2.75, 3.05) is 0 Å². The van der Waals surface area contributed by atoms with Gasteiger partial charge < -0.3 is 8.83 Å². The highest BCUT2D eigenvalue weighted by molar-refractivity contribution is 6.29. The molecule has 53 heavy (non-hydrogen) atoms. The van der Waals surface area contributed by atoms with E-state index in [1.54, 1.807) is 0 Å². The van der Waals surface area contributed by atoms with Crippen LogP contribution in [0.3, 0.4) is 0 Å². The van der Waals surface area contributed by atoms with E-state index in [0.29, 0.717) is 0 Å². The first-order chi connectivity index (χ1) is 26.2. The smallest absolute Gasteiger partial charge is 0.136 e. The van der Waals surface area contributed by atoms with Crippen LogP contribution in [0.15, 0.2) is 185 Å². The van der Waals surface area contributed by atoms with Gasteiger partial charge in [0.2, 0.25) is 0 Å². The molecule has 0 atom stereocenters. The molecule has 11 aromatic rings. The molecule has 0 unspecified atom stereocenters. The summed E-state index contributed by atoms with van der Waals surface area (Å²) in [6.45, 7) is 2.01. The third-order valence-corrected chi connectivity index (χ3v) is 11.0. The summed E-state index contributed by atoms with van der Waals surface area (Å²) >= 11 is 0. The van der Waals surface area contributed by atoms with Crippen molar-refractivity contribution in [1.29, 1.82) is 0 Å². The molecule has 0 N–H and O–H groups in total. The Labute approximate surface area is 306 Å². The summed E-state index contributed by atoms with van der Waals surface area (Å²) in [7, 11) is 0. The van der Waals surface area contributed by atoms with E-state index in [2.05, 4.69) is 170 Å². The van der Waals surface area contributed by atoms with Gasteiger partial charge in [-0.2, -0.15) is 0 Å². The molecule has 0 radical (unpaired) electrons. The van der Waals surface area contributed by atoms with E-state index in [0.717, 1.165) is 60.9 Å². The Bertz CT molecular complexity index is 3120. The molecule has 0 saturated heterocycles. The number of aryl methyl sites for hydroxylation is 1. The van der Waals surface area contributed by atoms with E-state index in [1.807, 2.05) is 13.0 Å². The summed E-state index contributed by atoms with van der Waals surface area (Å²) in [6, 6.07) is 63.2. The fourth-order valence-corrected chi connectivity index (χ4v) is 8.87. The molecule has 0 aliphatic heterocycles. The number of fused-ring (bicyclic) bond motifs is 7. The Kier molecular flexibility index (Phi) is 6.50. The molecule has 0 bridgehead atoms. The van der Waals surface area contributed by atoms with E-state index in [4.69, 9.17) is 8.83 Å². The summed E-state index contributed by atoms with van der Waals surface area (Å²) in [6.07, 6.45) is 0. The van der Waals surface area contributed by atoms with Crippen LogP contribution >= 0.6 is 0 Å². The number of hydrogen-bond acceptors (Lipinski definition) is 2. The summed E-state index contributed by atoms with van der Waals surface area (Å²) in [5.74, 6) is 1.78. The average Bonchev–Trinajstić information content (AvgIpc) is 3.82. The van der Waals surface area contributed by atoms with Gasteiger partial charge in [-0.1, -0.05) is 152 Å². The lowest BCUT2D eigenvalue weighted by Gasteiger charge is -2.19. The van der Waals surface area contributed by atoms with Gasteiger partial charge in [-0.05, 0) is 108 Å². The topological polar surface area (TPSA) is 26.3 Å². The molecule has 0 spiro atoms. The molecule has 0 aliphatic carbocycles. The highest BCUT2D eigenvalue weighted by atomic mass is 16.3. The summed E-state index contributed by atoms with van der Waals surface area (Å²) < 4.78 is 13.1. The Morgan fingerprint density at radius 3 is 1.11 bits per heavy atom. The molecule has 0 aliphatic rings. The van der Waals surface area contributed by atoms with Gasteiger partial charge in [-0.3, -0.25) is 0 Å². The lowest BCUT2D eigenvalue weighted by molar-refractivity contribution is 0.549. The number of hydrogen-bond donors (Lipinski definition) is 0. The normalized spacial score (nSPS) is 11.9. The molecule has 0 fully saturated rings. The fourth-order valence-electron chi connectivity index (χ4n) is 8.87. The van der Waals surface area contributed by atoms with Crippen molar-refractivity contribution in [3.05, 3.63) is 182 Å². The molecule has 2 heteroatoms. The van der Waals surface area contributed by atoms with Gasteiger partial charge in [0.25, 0.3) is 0 Å². The fraction of sp³-hybridized carbons (Fsp3) is 0.0196. The van der Waals surface area contributed by atoms with Gasteiger partial charge in [0.1, 0.15) is 22.7 Å². The Morgan fingerprint density at radius 1 is 0.302 bits per heavy atom. The van der Waals surface area contributed by atoms with Gasteiger partial charge in [0, 0.05) is 16.3 Å². The lowest BCUT2D eigenvalue weighted by atomic mass is 9.83. The minimum atomic E-state index is 0.873. The number of furan rings is 2. The first-order valence-corrected chi connectivity index (χ1v) is 18.2. The van der Waals surface area contributed by atoms with Gasteiger partial charge in [-0.25, -0.2) is 0 Å². The first-order valence-electron chi connectivity index (χ1n) is 18.2. The van der Waals surface area contributed by atoms with Crippen molar-refractivity contribution in [2.24, 2.45) is 0 Å². The van der Waals surface area contributed by atoms with Crippen LogP contribution in [0.4, 0.5) is 0 Å². The highest BCUT2D eigenvalue weighted by Crippen LogP contribution is 2.50. The standard InChI is InChI=1S/C51H32O2/c1-31-29-30-45(52-31)49-39-23-11-9-21-37(39)48(38-22-10-12-24-40(38)49)42-26-14-28-44-51(42)50-41(25-13-27-43(50)53-44)47-35-19-7-5-17-33(35)46(32-15-3-2-4-16-32)34-18-6-8-20-36(34)47/h2-30H,1H3. The zero-order chi connectivity index (χ0) is 35.0. The monoisotopic (exact) mass is 676 g/mol. The largest absolute Gasteiger partial charge is 0.461 e. The van der Waals surface area contributed by atoms with E-state index >= 15 is 0 Å².